The summed E-state index contributed by atoms with van der Waals surface area (Å²) in [6, 6.07) is 0. The van der Waals surface area contributed by atoms with Crippen LogP contribution in [0.5, 0.6) is 0 Å². The second-order valence-electron chi connectivity index (χ2n) is 4.58. The molecule has 3 N–H and O–H groups in total. The number of nitrogens with one attached hydrogen (secondary N) is 1. The van der Waals surface area contributed by atoms with E-state index in [9.17, 15) is 19.8 Å². The number of aliphatic hydroxyl groups is 2. The standard InChI is InChI=1S/C11H16N2O5/c1-5-4-13(11(17)12-10(5)16)8-3-7(15)9(18-8)6(2)14/h4,6-9,14-15H,3H2,1-2H3,(H,12,16,17)/t6-,7-,8+,9+/m0/s1. The summed E-state index contributed by atoms with van der Waals surface area (Å²) >= 11 is 0. The fourth-order valence-corrected chi connectivity index (χ4v) is 2.08. The van der Waals surface area contributed by atoms with Gasteiger partial charge in [-0.3, -0.25) is 14.3 Å². The minimum absolute atomic E-state index is 0.195. The maximum absolute atomic E-state index is 11.6. The van der Waals surface area contributed by atoms with Gasteiger partial charge in [-0.25, -0.2) is 4.79 Å². The molecule has 0 aromatic carbocycles. The van der Waals surface area contributed by atoms with Crippen molar-refractivity contribution in [2.75, 3.05) is 0 Å². The van der Waals surface area contributed by atoms with Gasteiger partial charge in [0.2, 0.25) is 0 Å². The molecule has 0 aliphatic carbocycles. The lowest BCUT2D eigenvalue weighted by Gasteiger charge is -2.18. The molecule has 100 valence electrons. The van der Waals surface area contributed by atoms with E-state index >= 15 is 0 Å². The molecule has 1 aliphatic rings. The van der Waals surface area contributed by atoms with Gasteiger partial charge >= 0.3 is 5.69 Å². The molecule has 0 unspecified atom stereocenters. The maximum Gasteiger partial charge on any atom is 0.330 e. The number of nitrogens with zero attached hydrogens (tertiary/aromatic N) is 1. The molecule has 0 radical (unpaired) electrons. The Kier molecular flexibility index (Phi) is 3.38. The fourth-order valence-electron chi connectivity index (χ4n) is 2.08. The van der Waals surface area contributed by atoms with Crippen molar-refractivity contribution in [3.63, 3.8) is 0 Å². The summed E-state index contributed by atoms with van der Waals surface area (Å²) in [5.41, 5.74) is -0.649. The van der Waals surface area contributed by atoms with E-state index in [1.165, 1.54) is 17.7 Å². The molecular weight excluding hydrogens is 240 g/mol. The molecule has 2 heterocycles. The van der Waals surface area contributed by atoms with Gasteiger partial charge in [-0.2, -0.15) is 0 Å². The van der Waals surface area contributed by atoms with Crippen molar-refractivity contribution in [3.8, 4) is 0 Å². The number of ether oxygens (including phenoxy) is 1. The van der Waals surface area contributed by atoms with Crippen molar-refractivity contribution in [1.29, 1.82) is 0 Å². The zero-order valence-corrected chi connectivity index (χ0v) is 10.2. The van der Waals surface area contributed by atoms with E-state index in [0.29, 0.717) is 5.56 Å². The molecule has 4 atom stereocenters. The molecule has 1 aromatic rings. The fraction of sp³-hybridized carbons (Fsp3) is 0.636. The molecule has 7 heteroatoms. The lowest BCUT2D eigenvalue weighted by molar-refractivity contribution is -0.0771. The Morgan fingerprint density at radius 1 is 1.56 bits per heavy atom. The van der Waals surface area contributed by atoms with Crippen molar-refractivity contribution in [3.05, 3.63) is 32.6 Å². The monoisotopic (exact) mass is 256 g/mol. The van der Waals surface area contributed by atoms with E-state index < -0.39 is 35.8 Å². The minimum Gasteiger partial charge on any atom is -0.391 e. The van der Waals surface area contributed by atoms with Crippen molar-refractivity contribution in [1.82, 2.24) is 9.55 Å². The van der Waals surface area contributed by atoms with E-state index in [1.807, 2.05) is 0 Å². The first-order valence-electron chi connectivity index (χ1n) is 5.74. The van der Waals surface area contributed by atoms with Crippen LogP contribution in [0.2, 0.25) is 0 Å². The summed E-state index contributed by atoms with van der Waals surface area (Å²) in [6.07, 6.45) is -1.49. The Morgan fingerprint density at radius 2 is 2.22 bits per heavy atom. The van der Waals surface area contributed by atoms with Gasteiger partial charge in [-0.15, -0.1) is 0 Å². The Morgan fingerprint density at radius 3 is 2.78 bits per heavy atom. The quantitative estimate of drug-likeness (QED) is 0.621. The zero-order chi connectivity index (χ0) is 13.4. The van der Waals surface area contributed by atoms with Crippen molar-refractivity contribution in [2.24, 2.45) is 0 Å². The molecule has 0 spiro atoms. The summed E-state index contributed by atoms with van der Waals surface area (Å²) in [4.78, 5) is 25.1. The third-order valence-electron chi connectivity index (χ3n) is 3.07. The van der Waals surface area contributed by atoms with E-state index in [0.717, 1.165) is 0 Å². The molecule has 18 heavy (non-hydrogen) atoms. The molecule has 1 aliphatic heterocycles. The molecule has 1 fully saturated rings. The number of aliphatic hydroxyl groups excluding tert-OH is 2. The first-order chi connectivity index (χ1) is 8.40. The minimum atomic E-state index is -0.839. The highest BCUT2D eigenvalue weighted by Gasteiger charge is 2.38. The van der Waals surface area contributed by atoms with Crippen LogP contribution in [0.25, 0.3) is 0 Å². The summed E-state index contributed by atoms with van der Waals surface area (Å²) in [7, 11) is 0. The third kappa shape index (κ3) is 2.24. The highest BCUT2D eigenvalue weighted by atomic mass is 16.5. The first kappa shape index (κ1) is 13.0. The number of hydrogen-bond donors (Lipinski definition) is 3. The summed E-state index contributed by atoms with van der Waals surface area (Å²) in [6.45, 7) is 3.09. The SMILES string of the molecule is Cc1cn([C@H]2C[C@H](O)[C@@H]([C@H](C)O)O2)c(=O)[nH]c1=O. The van der Waals surface area contributed by atoms with Crippen LogP contribution in [0.1, 0.15) is 25.1 Å². The Labute approximate surface area is 103 Å². The lowest BCUT2D eigenvalue weighted by atomic mass is 10.1. The Balaban J connectivity index is 2.32. The van der Waals surface area contributed by atoms with Gasteiger partial charge in [-0.05, 0) is 13.8 Å². The van der Waals surface area contributed by atoms with Crippen molar-refractivity contribution in [2.45, 2.75) is 44.8 Å². The number of hydrogen-bond acceptors (Lipinski definition) is 5. The van der Waals surface area contributed by atoms with Gasteiger partial charge in [0, 0.05) is 18.2 Å². The van der Waals surface area contributed by atoms with Gasteiger partial charge in [0.15, 0.2) is 0 Å². The molecule has 1 aromatic heterocycles. The molecule has 1 saturated heterocycles. The van der Waals surface area contributed by atoms with Gasteiger partial charge in [-0.1, -0.05) is 0 Å². The van der Waals surface area contributed by atoms with Crippen LogP contribution >= 0.6 is 0 Å². The largest absolute Gasteiger partial charge is 0.391 e. The third-order valence-corrected chi connectivity index (χ3v) is 3.07. The number of H-pyrrole nitrogens is 1. The predicted molar refractivity (Wildman–Crippen MR) is 62.3 cm³/mol. The van der Waals surface area contributed by atoms with Gasteiger partial charge in [0.25, 0.3) is 5.56 Å². The average Bonchev–Trinajstić information content (AvgIpc) is 2.65. The summed E-state index contributed by atoms with van der Waals surface area (Å²) in [5, 5.41) is 19.2. The average molecular weight is 256 g/mol. The normalized spacial score (nSPS) is 29.4. The predicted octanol–water partition coefficient (Wildman–Crippen LogP) is -1.13. The number of aromatic amines is 1. The lowest BCUT2D eigenvalue weighted by Crippen LogP contribution is -2.34. The summed E-state index contributed by atoms with van der Waals surface area (Å²) in [5.74, 6) is 0. The van der Waals surface area contributed by atoms with Crippen LogP contribution < -0.4 is 11.2 Å². The van der Waals surface area contributed by atoms with Crippen LogP contribution in [0, 0.1) is 6.92 Å². The van der Waals surface area contributed by atoms with Crippen LogP contribution in [0.3, 0.4) is 0 Å². The highest BCUT2D eigenvalue weighted by Crippen LogP contribution is 2.29. The van der Waals surface area contributed by atoms with Crippen molar-refractivity contribution < 1.29 is 14.9 Å². The molecule has 0 amide bonds. The van der Waals surface area contributed by atoms with Crippen LogP contribution in [-0.2, 0) is 4.74 Å². The Hall–Kier alpha value is -1.44. The van der Waals surface area contributed by atoms with Crippen LogP contribution in [-0.4, -0.2) is 38.1 Å². The van der Waals surface area contributed by atoms with Gasteiger partial charge < -0.3 is 14.9 Å². The topological polar surface area (TPSA) is 105 Å². The highest BCUT2D eigenvalue weighted by molar-refractivity contribution is 5.02. The maximum atomic E-state index is 11.6. The Bertz CT molecular complexity index is 547. The van der Waals surface area contributed by atoms with Crippen molar-refractivity contribution >= 4 is 0 Å². The van der Waals surface area contributed by atoms with E-state index in [1.54, 1.807) is 6.92 Å². The zero-order valence-electron chi connectivity index (χ0n) is 10.2. The van der Waals surface area contributed by atoms with E-state index in [4.69, 9.17) is 4.74 Å². The molecule has 0 saturated carbocycles. The van der Waals surface area contributed by atoms with E-state index in [-0.39, 0.29) is 6.42 Å². The van der Waals surface area contributed by atoms with Gasteiger partial charge in [0.1, 0.15) is 12.3 Å². The molecule has 2 rings (SSSR count). The van der Waals surface area contributed by atoms with Gasteiger partial charge in [0.05, 0.1) is 12.2 Å². The molecule has 7 nitrogen and oxygen atoms in total. The first-order valence-corrected chi connectivity index (χ1v) is 5.74. The second kappa shape index (κ2) is 4.68. The smallest absolute Gasteiger partial charge is 0.330 e. The van der Waals surface area contributed by atoms with Crippen LogP contribution in [0.15, 0.2) is 15.8 Å². The summed E-state index contributed by atoms with van der Waals surface area (Å²) < 4.78 is 6.66. The molecule has 0 bridgehead atoms. The molecular formula is C11H16N2O5. The second-order valence-corrected chi connectivity index (χ2v) is 4.58. The van der Waals surface area contributed by atoms with Crippen LogP contribution in [0.4, 0.5) is 0 Å². The number of aryl methyl sites for hydroxylation is 1. The van der Waals surface area contributed by atoms with E-state index in [2.05, 4.69) is 4.98 Å². The number of aromatic nitrogens is 2. The number of rotatable bonds is 2.